The highest BCUT2D eigenvalue weighted by Crippen LogP contribution is 2.27. The van der Waals surface area contributed by atoms with Crippen molar-refractivity contribution in [2.75, 3.05) is 23.8 Å². The molecule has 0 spiro atoms. The third-order valence-corrected chi connectivity index (χ3v) is 5.30. The zero-order valence-electron chi connectivity index (χ0n) is 14.7. The van der Waals surface area contributed by atoms with Gasteiger partial charge in [0.2, 0.25) is 16.0 Å². The van der Waals surface area contributed by atoms with E-state index in [2.05, 4.69) is 34.0 Å². The van der Waals surface area contributed by atoms with Crippen molar-refractivity contribution in [2.24, 2.45) is 5.14 Å². The summed E-state index contributed by atoms with van der Waals surface area (Å²) in [5.74, 6) is 1.72. The molecule has 0 radical (unpaired) electrons. The van der Waals surface area contributed by atoms with Gasteiger partial charge < -0.3 is 10.2 Å². The van der Waals surface area contributed by atoms with Gasteiger partial charge in [-0.3, -0.25) is 0 Å². The molecule has 3 rings (SSSR count). The van der Waals surface area contributed by atoms with Gasteiger partial charge in [0, 0.05) is 26.2 Å². The summed E-state index contributed by atoms with van der Waals surface area (Å²) in [5, 5.41) is 8.26. The summed E-state index contributed by atoms with van der Waals surface area (Å²) in [7, 11) is -1.90. The third-order valence-electron chi connectivity index (χ3n) is 4.39. The minimum absolute atomic E-state index is 0.148. The summed E-state index contributed by atoms with van der Waals surface area (Å²) < 4.78 is 23.2. The molecule has 0 amide bonds. The topological polar surface area (TPSA) is 101 Å². The molecular weight excluding hydrogens is 338 g/mol. The fourth-order valence-electron chi connectivity index (χ4n) is 2.93. The van der Waals surface area contributed by atoms with Gasteiger partial charge in [0.1, 0.15) is 5.82 Å². The van der Waals surface area contributed by atoms with E-state index in [-0.39, 0.29) is 4.90 Å². The SMILES string of the molecule is CNc1nc(C(C)C)cc(N2CCc3ccc(S(N)(=O)=O)cc3C2)n1. The Labute approximate surface area is 148 Å². The molecule has 0 fully saturated rings. The predicted octanol–water partition coefficient (Wildman–Crippen LogP) is 1.85. The molecule has 0 aliphatic carbocycles. The lowest BCUT2D eigenvalue weighted by molar-refractivity contribution is 0.597. The molecule has 2 aromatic rings. The molecule has 2 heterocycles. The van der Waals surface area contributed by atoms with Crippen molar-refractivity contribution in [1.82, 2.24) is 9.97 Å². The summed E-state index contributed by atoms with van der Waals surface area (Å²) in [6.45, 7) is 5.60. The molecule has 7 nitrogen and oxygen atoms in total. The fourth-order valence-corrected chi connectivity index (χ4v) is 3.49. The molecule has 1 aliphatic heterocycles. The molecule has 1 aliphatic rings. The van der Waals surface area contributed by atoms with Crippen LogP contribution in [0, 0.1) is 0 Å². The Morgan fingerprint density at radius 1 is 1.20 bits per heavy atom. The Hall–Kier alpha value is -2.19. The number of hydrogen-bond acceptors (Lipinski definition) is 6. The number of hydrogen-bond donors (Lipinski definition) is 2. The average molecular weight is 361 g/mol. The monoisotopic (exact) mass is 361 g/mol. The first-order valence-electron chi connectivity index (χ1n) is 8.24. The van der Waals surface area contributed by atoms with Crippen molar-refractivity contribution in [3.8, 4) is 0 Å². The van der Waals surface area contributed by atoms with E-state index in [1.165, 1.54) is 0 Å². The van der Waals surface area contributed by atoms with Crippen LogP contribution in [0.25, 0.3) is 0 Å². The van der Waals surface area contributed by atoms with Crippen molar-refractivity contribution in [3.63, 3.8) is 0 Å². The second-order valence-electron chi connectivity index (χ2n) is 6.53. The van der Waals surface area contributed by atoms with Gasteiger partial charge in [0.15, 0.2) is 0 Å². The van der Waals surface area contributed by atoms with Crippen LogP contribution in [0.15, 0.2) is 29.2 Å². The van der Waals surface area contributed by atoms with Crippen LogP contribution in [0.1, 0.15) is 36.6 Å². The number of benzene rings is 1. The Kier molecular flexibility index (Phi) is 4.66. The highest BCUT2D eigenvalue weighted by atomic mass is 32.2. The minimum atomic E-state index is -3.70. The van der Waals surface area contributed by atoms with Gasteiger partial charge in [0.25, 0.3) is 0 Å². The summed E-state index contributed by atoms with van der Waals surface area (Å²) in [6.07, 6.45) is 0.829. The molecule has 134 valence electrons. The van der Waals surface area contributed by atoms with Gasteiger partial charge in [0.05, 0.1) is 10.6 Å². The number of anilines is 2. The number of aromatic nitrogens is 2. The first-order valence-corrected chi connectivity index (χ1v) is 9.79. The van der Waals surface area contributed by atoms with Crippen molar-refractivity contribution in [2.45, 2.75) is 37.6 Å². The van der Waals surface area contributed by atoms with Crippen molar-refractivity contribution < 1.29 is 8.42 Å². The highest BCUT2D eigenvalue weighted by Gasteiger charge is 2.21. The van der Waals surface area contributed by atoms with Crippen LogP contribution in [0.4, 0.5) is 11.8 Å². The quantitative estimate of drug-likeness (QED) is 0.862. The first-order chi connectivity index (χ1) is 11.8. The molecule has 8 heteroatoms. The van der Waals surface area contributed by atoms with E-state index < -0.39 is 10.0 Å². The van der Waals surface area contributed by atoms with Gasteiger partial charge >= 0.3 is 0 Å². The zero-order valence-corrected chi connectivity index (χ0v) is 15.5. The first kappa shape index (κ1) is 17.6. The zero-order chi connectivity index (χ0) is 18.2. The molecule has 0 unspecified atom stereocenters. The number of fused-ring (bicyclic) bond motifs is 1. The van der Waals surface area contributed by atoms with E-state index in [9.17, 15) is 8.42 Å². The molecule has 3 N–H and O–H groups in total. The van der Waals surface area contributed by atoms with Crippen LogP contribution in [-0.4, -0.2) is 32.0 Å². The minimum Gasteiger partial charge on any atom is -0.357 e. The molecule has 25 heavy (non-hydrogen) atoms. The largest absolute Gasteiger partial charge is 0.357 e. The normalized spacial score (nSPS) is 14.5. The number of primary sulfonamides is 1. The lowest BCUT2D eigenvalue weighted by atomic mass is 10.00. The molecule has 0 atom stereocenters. The second-order valence-corrected chi connectivity index (χ2v) is 8.09. The second kappa shape index (κ2) is 6.61. The molecular formula is C17H23N5O2S. The Balaban J connectivity index is 1.96. The maximum atomic E-state index is 11.6. The smallest absolute Gasteiger partial charge is 0.238 e. The number of nitrogens with one attached hydrogen (secondary N) is 1. The Morgan fingerprint density at radius 2 is 1.96 bits per heavy atom. The van der Waals surface area contributed by atoms with Crippen molar-refractivity contribution >= 4 is 21.8 Å². The summed E-state index contributed by atoms with van der Waals surface area (Å²) in [4.78, 5) is 11.3. The molecule has 1 aromatic carbocycles. The lowest BCUT2D eigenvalue weighted by Crippen LogP contribution is -2.31. The van der Waals surface area contributed by atoms with Gasteiger partial charge in [-0.25, -0.2) is 18.5 Å². The third kappa shape index (κ3) is 3.74. The summed E-state index contributed by atoms with van der Waals surface area (Å²) in [5.41, 5.74) is 3.09. The predicted molar refractivity (Wildman–Crippen MR) is 98.2 cm³/mol. The highest BCUT2D eigenvalue weighted by molar-refractivity contribution is 7.89. The Morgan fingerprint density at radius 3 is 2.60 bits per heavy atom. The fraction of sp³-hybridized carbons (Fsp3) is 0.412. The van der Waals surface area contributed by atoms with Crippen LogP contribution in [0.5, 0.6) is 0 Å². The summed E-state index contributed by atoms with van der Waals surface area (Å²) in [6, 6.07) is 7.09. The van der Waals surface area contributed by atoms with Gasteiger partial charge in [-0.15, -0.1) is 0 Å². The van der Waals surface area contributed by atoms with E-state index in [0.29, 0.717) is 18.4 Å². The maximum absolute atomic E-state index is 11.6. The van der Waals surface area contributed by atoms with E-state index in [1.807, 2.05) is 12.1 Å². The number of rotatable bonds is 4. The van der Waals surface area contributed by atoms with E-state index in [4.69, 9.17) is 5.14 Å². The van der Waals surface area contributed by atoms with Crippen molar-refractivity contribution in [1.29, 1.82) is 0 Å². The van der Waals surface area contributed by atoms with E-state index in [1.54, 1.807) is 19.2 Å². The van der Waals surface area contributed by atoms with Gasteiger partial charge in [-0.1, -0.05) is 19.9 Å². The molecule has 0 saturated heterocycles. The Bertz CT molecular complexity index is 896. The average Bonchev–Trinajstić information content (AvgIpc) is 2.59. The van der Waals surface area contributed by atoms with Crippen LogP contribution >= 0.6 is 0 Å². The van der Waals surface area contributed by atoms with Crippen molar-refractivity contribution in [3.05, 3.63) is 41.1 Å². The van der Waals surface area contributed by atoms with E-state index >= 15 is 0 Å². The number of nitrogens with two attached hydrogens (primary N) is 1. The number of sulfonamides is 1. The molecule has 0 saturated carbocycles. The molecule has 0 bridgehead atoms. The number of nitrogens with zero attached hydrogens (tertiary/aromatic N) is 3. The lowest BCUT2D eigenvalue weighted by Gasteiger charge is -2.30. The van der Waals surface area contributed by atoms with Crippen LogP contribution in [0.2, 0.25) is 0 Å². The maximum Gasteiger partial charge on any atom is 0.238 e. The van der Waals surface area contributed by atoms with Crippen LogP contribution in [-0.2, 0) is 23.0 Å². The van der Waals surface area contributed by atoms with Crippen LogP contribution < -0.4 is 15.4 Å². The van der Waals surface area contributed by atoms with Crippen LogP contribution in [0.3, 0.4) is 0 Å². The van der Waals surface area contributed by atoms with Gasteiger partial charge in [-0.05, 0) is 35.6 Å². The summed E-state index contributed by atoms with van der Waals surface area (Å²) >= 11 is 0. The van der Waals surface area contributed by atoms with E-state index in [0.717, 1.165) is 35.6 Å². The molecule has 1 aromatic heterocycles. The standard InChI is InChI=1S/C17H23N5O2S/c1-11(2)15-9-16(21-17(19-3)20-15)22-7-6-12-4-5-14(25(18,23)24)8-13(12)10-22/h4-5,8-9,11H,6-7,10H2,1-3H3,(H2,18,23,24)(H,19,20,21). The van der Waals surface area contributed by atoms with Gasteiger partial charge in [-0.2, -0.15) is 4.98 Å².